The van der Waals surface area contributed by atoms with Gasteiger partial charge in [0.2, 0.25) is 11.5 Å². The second-order valence-corrected chi connectivity index (χ2v) is 5.27. The minimum Gasteiger partial charge on any atom is -0.396 e. The number of halogens is 2. The van der Waals surface area contributed by atoms with Crippen LogP contribution in [0.25, 0.3) is 0 Å². The van der Waals surface area contributed by atoms with Crippen molar-refractivity contribution < 1.29 is 23.7 Å². The minimum atomic E-state index is -2.56. The van der Waals surface area contributed by atoms with Crippen molar-refractivity contribution in [3.63, 3.8) is 0 Å². The Kier molecular flexibility index (Phi) is 4.70. The van der Waals surface area contributed by atoms with Gasteiger partial charge in [-0.15, -0.1) is 5.92 Å². The number of aromatic nitrogens is 2. The summed E-state index contributed by atoms with van der Waals surface area (Å²) in [5.74, 6) is 2.00. The van der Waals surface area contributed by atoms with Crippen LogP contribution in [0.4, 0.5) is 8.78 Å². The van der Waals surface area contributed by atoms with E-state index in [9.17, 15) is 24.2 Å². The molecule has 0 spiro atoms. The molecule has 1 saturated heterocycles. The average Bonchev–Trinajstić information content (AvgIpc) is 2.76. The molecule has 0 aliphatic carbocycles. The number of H-pyrrole nitrogens is 1. The van der Waals surface area contributed by atoms with Crippen LogP contribution >= 0.6 is 0 Å². The number of ether oxygens (including phenoxy) is 1. The zero-order chi connectivity index (χ0) is 17.4. The highest BCUT2D eigenvalue weighted by Gasteiger charge is 2.59. The smallest absolute Gasteiger partial charge is 0.330 e. The van der Waals surface area contributed by atoms with E-state index in [2.05, 4.69) is 11.8 Å². The van der Waals surface area contributed by atoms with Gasteiger partial charge in [0.25, 0.3) is 5.56 Å². The van der Waals surface area contributed by atoms with Crippen molar-refractivity contribution in [2.45, 2.75) is 38.0 Å². The first kappa shape index (κ1) is 17.3. The van der Waals surface area contributed by atoms with E-state index in [4.69, 9.17) is 4.74 Å². The molecule has 0 bridgehead atoms. The number of nitrogens with one attached hydrogen (secondary N) is 1. The fraction of sp³-hybridized carbons (Fsp3) is 0.571. The summed E-state index contributed by atoms with van der Waals surface area (Å²) in [7, 11) is 0. The van der Waals surface area contributed by atoms with Crippen LogP contribution in [0.15, 0.2) is 15.8 Å². The number of nitrogens with zero attached hydrogens (tertiary/aromatic N) is 1. The largest absolute Gasteiger partial charge is 0.396 e. The predicted octanol–water partition coefficient (Wildman–Crippen LogP) is -0.706. The van der Waals surface area contributed by atoms with Gasteiger partial charge in [-0.3, -0.25) is 14.3 Å². The van der Waals surface area contributed by atoms with Crippen molar-refractivity contribution >= 4 is 0 Å². The molecule has 9 heteroatoms. The number of alkyl halides is 1. The van der Waals surface area contributed by atoms with Gasteiger partial charge in [-0.25, -0.2) is 9.18 Å². The van der Waals surface area contributed by atoms with Crippen molar-refractivity contribution in [1.29, 1.82) is 0 Å². The Labute approximate surface area is 129 Å². The molecule has 0 radical (unpaired) electrons. The second-order valence-electron chi connectivity index (χ2n) is 5.27. The van der Waals surface area contributed by atoms with Crippen molar-refractivity contribution in [2.24, 2.45) is 5.92 Å². The highest BCUT2D eigenvalue weighted by molar-refractivity contribution is 5.22. The lowest BCUT2D eigenvalue weighted by Crippen LogP contribution is -2.44. The molecule has 1 aliphatic heterocycles. The van der Waals surface area contributed by atoms with E-state index < -0.39 is 53.7 Å². The maximum absolute atomic E-state index is 15.4. The molecule has 1 aromatic heterocycles. The van der Waals surface area contributed by atoms with Crippen LogP contribution in [0.1, 0.15) is 20.1 Å². The molecule has 23 heavy (non-hydrogen) atoms. The molecule has 0 aromatic carbocycles. The van der Waals surface area contributed by atoms with E-state index in [1.807, 2.05) is 0 Å². The molecule has 1 fully saturated rings. The normalized spacial score (nSPS) is 31.5. The molecule has 126 valence electrons. The lowest BCUT2D eigenvalue weighted by atomic mass is 9.85. The lowest BCUT2D eigenvalue weighted by Gasteiger charge is -2.26. The van der Waals surface area contributed by atoms with E-state index in [0.717, 1.165) is 0 Å². The quantitative estimate of drug-likeness (QED) is 0.636. The maximum Gasteiger partial charge on any atom is 0.330 e. The summed E-state index contributed by atoms with van der Waals surface area (Å²) in [4.78, 5) is 24.7. The average molecular weight is 330 g/mol. The maximum atomic E-state index is 15.4. The van der Waals surface area contributed by atoms with E-state index in [0.29, 0.717) is 10.8 Å². The number of aliphatic hydroxyl groups excluding tert-OH is 2. The van der Waals surface area contributed by atoms with Gasteiger partial charge in [0.15, 0.2) is 6.23 Å². The topological polar surface area (TPSA) is 105 Å². The molecular formula is C14H16F2N2O5. The summed E-state index contributed by atoms with van der Waals surface area (Å²) in [6.45, 7) is 1.96. The highest BCUT2D eigenvalue weighted by atomic mass is 19.1. The SMILES string of the molecule is CC#CC1(F)C(CO)[C@@H]([C@@H](C)O)O[C@H]1n1cc(F)c(=O)[nH]c1=O. The molecule has 0 amide bonds. The Balaban J connectivity index is 2.64. The number of aromatic amines is 1. The van der Waals surface area contributed by atoms with E-state index in [1.54, 1.807) is 4.98 Å². The van der Waals surface area contributed by atoms with Crippen LogP contribution < -0.4 is 11.2 Å². The molecule has 3 N–H and O–H groups in total. The molecule has 7 nitrogen and oxygen atoms in total. The Hall–Kier alpha value is -2.02. The van der Waals surface area contributed by atoms with E-state index >= 15 is 4.39 Å². The summed E-state index contributed by atoms with van der Waals surface area (Å²) >= 11 is 0. The zero-order valence-corrected chi connectivity index (χ0v) is 12.4. The van der Waals surface area contributed by atoms with E-state index in [1.165, 1.54) is 13.8 Å². The Morgan fingerprint density at radius 2 is 2.22 bits per heavy atom. The van der Waals surface area contributed by atoms with Gasteiger partial charge < -0.3 is 14.9 Å². The first-order valence-electron chi connectivity index (χ1n) is 6.84. The summed E-state index contributed by atoms with van der Waals surface area (Å²) in [6.07, 6.45) is -3.56. The highest BCUT2D eigenvalue weighted by Crippen LogP contribution is 2.45. The third-order valence-corrected chi connectivity index (χ3v) is 3.75. The first-order chi connectivity index (χ1) is 10.8. The third-order valence-electron chi connectivity index (χ3n) is 3.75. The molecule has 5 atom stereocenters. The molecule has 2 rings (SSSR count). The van der Waals surface area contributed by atoms with Gasteiger partial charge in [0.1, 0.15) is 0 Å². The number of hydrogen-bond donors (Lipinski definition) is 3. The Morgan fingerprint density at radius 3 is 2.74 bits per heavy atom. The standard InChI is InChI=1S/C14H16F2N2O5/c1-3-4-14(16)8(6-19)10(7(2)20)23-12(14)18-5-9(15)11(21)17-13(18)22/h5,7-8,10,12,19-20H,6H2,1-2H3,(H,17,21,22)/t7-,8?,10-,12-,14?/m1/s1. The lowest BCUT2D eigenvalue weighted by molar-refractivity contribution is -0.0766. The fourth-order valence-corrected chi connectivity index (χ4v) is 2.70. The fourth-order valence-electron chi connectivity index (χ4n) is 2.70. The predicted molar refractivity (Wildman–Crippen MR) is 74.7 cm³/mol. The van der Waals surface area contributed by atoms with Crippen molar-refractivity contribution in [3.05, 3.63) is 32.9 Å². The second kappa shape index (κ2) is 6.23. The molecule has 2 heterocycles. The van der Waals surface area contributed by atoms with Gasteiger partial charge in [0.05, 0.1) is 30.9 Å². The Morgan fingerprint density at radius 1 is 1.57 bits per heavy atom. The van der Waals surface area contributed by atoms with Crippen LogP contribution in [0.5, 0.6) is 0 Å². The van der Waals surface area contributed by atoms with Crippen molar-refractivity contribution in [2.75, 3.05) is 6.61 Å². The van der Waals surface area contributed by atoms with Gasteiger partial charge in [0, 0.05) is 0 Å². The zero-order valence-electron chi connectivity index (χ0n) is 12.4. The molecule has 1 aliphatic rings. The van der Waals surface area contributed by atoms with Gasteiger partial charge in [-0.05, 0) is 13.8 Å². The molecule has 1 aromatic rings. The summed E-state index contributed by atoms with van der Waals surface area (Å²) in [5.41, 5.74) is -4.90. The van der Waals surface area contributed by atoms with E-state index in [-0.39, 0.29) is 0 Å². The van der Waals surface area contributed by atoms with Crippen LogP contribution in [0, 0.1) is 23.6 Å². The van der Waals surface area contributed by atoms with Crippen LogP contribution in [-0.2, 0) is 4.74 Å². The third kappa shape index (κ3) is 2.81. The number of hydrogen-bond acceptors (Lipinski definition) is 5. The van der Waals surface area contributed by atoms with Crippen molar-refractivity contribution in [3.8, 4) is 11.8 Å². The molecule has 0 saturated carbocycles. The monoisotopic (exact) mass is 330 g/mol. The van der Waals surface area contributed by atoms with Crippen LogP contribution in [0.2, 0.25) is 0 Å². The van der Waals surface area contributed by atoms with Gasteiger partial charge in [-0.2, -0.15) is 4.39 Å². The molecular weight excluding hydrogens is 314 g/mol. The minimum absolute atomic E-state index is 0.510. The molecule has 2 unspecified atom stereocenters. The van der Waals surface area contributed by atoms with Crippen LogP contribution in [0.3, 0.4) is 0 Å². The van der Waals surface area contributed by atoms with Gasteiger partial charge >= 0.3 is 5.69 Å². The van der Waals surface area contributed by atoms with Crippen molar-refractivity contribution in [1.82, 2.24) is 9.55 Å². The summed E-state index contributed by atoms with van der Waals surface area (Å²) in [5, 5.41) is 19.2. The summed E-state index contributed by atoms with van der Waals surface area (Å²) in [6, 6.07) is 0. The Bertz CT molecular complexity index is 763. The van der Waals surface area contributed by atoms with Crippen LogP contribution in [-0.4, -0.2) is 44.2 Å². The van der Waals surface area contributed by atoms with Gasteiger partial charge in [-0.1, -0.05) is 5.92 Å². The number of rotatable bonds is 3. The first-order valence-corrected chi connectivity index (χ1v) is 6.84. The summed E-state index contributed by atoms with van der Waals surface area (Å²) < 4.78 is 34.7. The number of aliphatic hydroxyl groups is 2.